The number of benzene rings is 2. The van der Waals surface area contributed by atoms with E-state index >= 15 is 0 Å². The number of nitrogens with zero attached hydrogens (tertiary/aromatic N) is 2. The first-order valence-corrected chi connectivity index (χ1v) is 7.86. The van der Waals surface area contributed by atoms with Gasteiger partial charge in [-0.3, -0.25) is 0 Å². The normalized spacial score (nSPS) is 10.6. The molecule has 3 nitrogen and oxygen atoms in total. The van der Waals surface area contributed by atoms with E-state index in [1.807, 2.05) is 35.2 Å². The predicted molar refractivity (Wildman–Crippen MR) is 90.2 cm³/mol. The van der Waals surface area contributed by atoms with Gasteiger partial charge in [-0.1, -0.05) is 23.7 Å². The fraction of sp³-hybridized carbons (Fsp3) is 0.0526. The van der Waals surface area contributed by atoms with Crippen LogP contribution >= 0.6 is 11.6 Å². The Morgan fingerprint density at radius 2 is 1.80 bits per heavy atom. The van der Waals surface area contributed by atoms with Gasteiger partial charge in [-0.15, -0.1) is 0 Å². The number of halogens is 3. The monoisotopic (exact) mass is 418 g/mol. The summed E-state index contributed by atoms with van der Waals surface area (Å²) in [6, 6.07) is 15.9. The zero-order chi connectivity index (χ0) is 16.5. The number of aromatic nitrogens is 2. The molecule has 0 spiro atoms. The molecule has 0 N–H and O–H groups in total. The molecule has 0 amide bonds. The van der Waals surface area contributed by atoms with Gasteiger partial charge in [0.05, 0.1) is 5.56 Å². The second-order valence-corrected chi connectivity index (χ2v) is 5.92. The third-order valence-electron chi connectivity index (χ3n) is 3.80. The van der Waals surface area contributed by atoms with Crippen molar-refractivity contribution in [1.82, 2.24) is 4.98 Å². The Morgan fingerprint density at radius 3 is 2.56 bits per heavy atom. The maximum atomic E-state index is 13.7. The van der Waals surface area contributed by atoms with Crippen molar-refractivity contribution in [2.45, 2.75) is 6.54 Å². The molecule has 0 atom stereocenters. The summed E-state index contributed by atoms with van der Waals surface area (Å²) in [5, 5.41) is 0.623. The Balaban J connectivity index is 0.00000182. The van der Waals surface area contributed by atoms with Gasteiger partial charge in [0.25, 0.3) is 0 Å². The maximum absolute atomic E-state index is 13.7. The third kappa shape index (κ3) is 3.72. The summed E-state index contributed by atoms with van der Waals surface area (Å²) in [5.41, 5.74) is 2.91. The Bertz CT molecular complexity index is 1020. The van der Waals surface area contributed by atoms with Gasteiger partial charge in [0.1, 0.15) is 11.3 Å². The van der Waals surface area contributed by atoms with Crippen molar-refractivity contribution in [2.24, 2.45) is 0 Å². The lowest BCUT2D eigenvalue weighted by molar-refractivity contribution is -0.688. The number of hydrogen-bond acceptors (Lipinski definition) is 2. The smallest absolute Gasteiger partial charge is 0.227 e. The van der Waals surface area contributed by atoms with Crippen LogP contribution < -0.4 is 21.5 Å². The molecule has 0 fully saturated rings. The molecule has 0 aliphatic carbocycles. The number of oxazole rings is 1. The van der Waals surface area contributed by atoms with E-state index in [-0.39, 0.29) is 22.8 Å². The summed E-state index contributed by atoms with van der Waals surface area (Å²) < 4.78 is 21.4. The minimum atomic E-state index is -0.204. The first-order chi connectivity index (χ1) is 11.7. The Hall–Kier alpha value is -2.24. The SMILES string of the molecule is Fc1ccccc1C[n+]1ccc(-c2nc3cc(Cl)ccc3o2)cc1.[Br-]. The van der Waals surface area contributed by atoms with Gasteiger partial charge in [-0.25, -0.2) is 13.9 Å². The van der Waals surface area contributed by atoms with Crippen LogP contribution in [0.3, 0.4) is 0 Å². The first kappa shape index (κ1) is 17.6. The zero-order valence-electron chi connectivity index (χ0n) is 13.0. The highest BCUT2D eigenvalue weighted by atomic mass is 79.9. The molecule has 0 saturated carbocycles. The molecule has 2 aromatic heterocycles. The van der Waals surface area contributed by atoms with Crippen molar-refractivity contribution < 1.29 is 30.4 Å². The molecule has 6 heteroatoms. The van der Waals surface area contributed by atoms with Crippen LogP contribution in [0.1, 0.15) is 5.56 Å². The van der Waals surface area contributed by atoms with Gasteiger partial charge in [0.2, 0.25) is 5.89 Å². The van der Waals surface area contributed by atoms with Crippen LogP contribution in [0.4, 0.5) is 4.39 Å². The van der Waals surface area contributed by atoms with E-state index in [0.29, 0.717) is 28.6 Å². The standard InChI is InChI=1S/C19H13ClFN2O.BrH/c20-15-5-6-18-17(11-15)22-19(24-18)13-7-9-23(10-8-13)12-14-3-1-2-4-16(14)21;/h1-11H,12H2;1H/q+1;/p-1. The van der Waals surface area contributed by atoms with Gasteiger partial charge in [0, 0.05) is 22.7 Å². The van der Waals surface area contributed by atoms with Gasteiger partial charge in [-0.2, -0.15) is 0 Å². The van der Waals surface area contributed by atoms with Crippen LogP contribution in [0.2, 0.25) is 5.02 Å². The van der Waals surface area contributed by atoms with Crippen LogP contribution in [-0.4, -0.2) is 4.98 Å². The Labute approximate surface area is 159 Å². The lowest BCUT2D eigenvalue weighted by Crippen LogP contribution is -3.00. The quantitative estimate of drug-likeness (QED) is 0.473. The Morgan fingerprint density at radius 1 is 1.04 bits per heavy atom. The van der Waals surface area contributed by atoms with E-state index in [1.165, 1.54) is 6.07 Å². The van der Waals surface area contributed by atoms with Crippen molar-refractivity contribution in [1.29, 1.82) is 0 Å². The predicted octanol–water partition coefficient (Wildman–Crippen LogP) is 1.63. The van der Waals surface area contributed by atoms with Gasteiger partial charge < -0.3 is 21.4 Å². The molecule has 126 valence electrons. The largest absolute Gasteiger partial charge is 1.00 e. The summed E-state index contributed by atoms with van der Waals surface area (Å²) in [6.07, 6.45) is 3.76. The number of hydrogen-bond donors (Lipinski definition) is 0. The second-order valence-electron chi connectivity index (χ2n) is 5.48. The topological polar surface area (TPSA) is 29.9 Å². The molecule has 0 radical (unpaired) electrons. The van der Waals surface area contributed by atoms with E-state index in [1.54, 1.807) is 30.3 Å². The molecular weight excluding hydrogens is 407 g/mol. The van der Waals surface area contributed by atoms with Crippen molar-refractivity contribution in [3.05, 3.63) is 83.4 Å². The molecule has 4 aromatic rings. The molecule has 0 aliphatic rings. The number of rotatable bonds is 3. The average Bonchev–Trinajstić information content (AvgIpc) is 3.01. The van der Waals surface area contributed by atoms with Crippen LogP contribution in [0.15, 0.2) is 71.4 Å². The highest BCUT2D eigenvalue weighted by Crippen LogP contribution is 2.25. The van der Waals surface area contributed by atoms with E-state index < -0.39 is 0 Å². The summed E-state index contributed by atoms with van der Waals surface area (Å²) >= 11 is 5.97. The average molecular weight is 420 g/mol. The van der Waals surface area contributed by atoms with Crippen molar-refractivity contribution in [2.75, 3.05) is 0 Å². The molecule has 2 aromatic carbocycles. The molecular formula is C19H13BrClFN2O. The first-order valence-electron chi connectivity index (χ1n) is 7.48. The van der Waals surface area contributed by atoms with Crippen LogP contribution in [0.25, 0.3) is 22.6 Å². The summed E-state index contributed by atoms with van der Waals surface area (Å²) in [5.74, 6) is 0.329. The molecule has 0 saturated heterocycles. The lowest BCUT2D eigenvalue weighted by atomic mass is 10.2. The Kier molecular flexibility index (Phi) is 5.16. The molecule has 0 unspecified atom stereocenters. The van der Waals surface area contributed by atoms with E-state index in [9.17, 15) is 4.39 Å². The van der Waals surface area contributed by atoms with E-state index in [2.05, 4.69) is 4.98 Å². The van der Waals surface area contributed by atoms with Gasteiger partial charge in [-0.05, 0) is 30.3 Å². The highest BCUT2D eigenvalue weighted by molar-refractivity contribution is 6.31. The van der Waals surface area contributed by atoms with E-state index in [4.69, 9.17) is 16.0 Å². The third-order valence-corrected chi connectivity index (χ3v) is 4.03. The minimum absolute atomic E-state index is 0. The van der Waals surface area contributed by atoms with Gasteiger partial charge in [0.15, 0.2) is 24.5 Å². The zero-order valence-corrected chi connectivity index (χ0v) is 15.3. The minimum Gasteiger partial charge on any atom is -1.00 e. The summed E-state index contributed by atoms with van der Waals surface area (Å²) in [7, 11) is 0. The fourth-order valence-electron chi connectivity index (χ4n) is 2.55. The fourth-order valence-corrected chi connectivity index (χ4v) is 2.72. The number of pyridine rings is 1. The van der Waals surface area contributed by atoms with Crippen molar-refractivity contribution in [3.63, 3.8) is 0 Å². The molecule has 0 aliphatic heterocycles. The van der Waals surface area contributed by atoms with E-state index in [0.717, 1.165) is 11.1 Å². The van der Waals surface area contributed by atoms with Crippen LogP contribution in [0.5, 0.6) is 0 Å². The van der Waals surface area contributed by atoms with Crippen molar-refractivity contribution in [3.8, 4) is 11.5 Å². The second kappa shape index (κ2) is 7.33. The summed E-state index contributed by atoms with van der Waals surface area (Å²) in [6.45, 7) is 0.468. The lowest BCUT2D eigenvalue weighted by Gasteiger charge is -2.00. The number of fused-ring (bicyclic) bond motifs is 1. The highest BCUT2D eigenvalue weighted by Gasteiger charge is 2.12. The molecule has 4 rings (SSSR count). The van der Waals surface area contributed by atoms with Crippen LogP contribution in [0, 0.1) is 5.82 Å². The molecule has 0 bridgehead atoms. The molecule has 25 heavy (non-hydrogen) atoms. The van der Waals surface area contributed by atoms with Crippen molar-refractivity contribution >= 4 is 22.7 Å². The maximum Gasteiger partial charge on any atom is 0.227 e. The van der Waals surface area contributed by atoms with Gasteiger partial charge >= 0.3 is 0 Å². The summed E-state index contributed by atoms with van der Waals surface area (Å²) in [4.78, 5) is 4.45. The van der Waals surface area contributed by atoms with Crippen LogP contribution in [-0.2, 0) is 6.54 Å². The molecule has 2 heterocycles.